The molecule has 1 saturated heterocycles. The van der Waals surface area contributed by atoms with E-state index in [0.29, 0.717) is 0 Å². The predicted molar refractivity (Wildman–Crippen MR) is 73.9 cm³/mol. The molecule has 3 rings (SSSR count). The molecule has 2 aromatic rings. The first-order valence-corrected chi connectivity index (χ1v) is 7.06. The molecular weight excluding hydrogens is 240 g/mol. The van der Waals surface area contributed by atoms with E-state index in [-0.39, 0.29) is 6.29 Å². The Bertz CT molecular complexity index is 518. The number of ether oxygens (including phenoxy) is 2. The summed E-state index contributed by atoms with van der Waals surface area (Å²) in [6, 6.07) is 8.21. The van der Waals surface area contributed by atoms with E-state index in [1.165, 1.54) is 18.4 Å². The van der Waals surface area contributed by atoms with Crippen LogP contribution in [0.1, 0.15) is 25.7 Å². The van der Waals surface area contributed by atoms with Crippen molar-refractivity contribution in [1.29, 1.82) is 0 Å². The molecule has 0 spiro atoms. The lowest BCUT2D eigenvalue weighted by Gasteiger charge is -2.22. The Hall–Kier alpha value is -1.39. The summed E-state index contributed by atoms with van der Waals surface area (Å²) in [5, 5.41) is 0. The molecule has 4 heteroatoms. The van der Waals surface area contributed by atoms with Crippen LogP contribution in [-0.2, 0) is 16.0 Å². The highest BCUT2D eigenvalue weighted by atomic mass is 16.7. The molecule has 0 amide bonds. The number of hydrogen-bond acceptors (Lipinski definition) is 3. The first-order chi connectivity index (χ1) is 9.43. The molecule has 102 valence electrons. The minimum atomic E-state index is 0.0216. The van der Waals surface area contributed by atoms with Gasteiger partial charge in [-0.1, -0.05) is 12.1 Å². The number of rotatable bonds is 5. The fourth-order valence-electron chi connectivity index (χ4n) is 2.48. The van der Waals surface area contributed by atoms with Crippen LogP contribution >= 0.6 is 0 Å². The van der Waals surface area contributed by atoms with Crippen LogP contribution in [0.15, 0.2) is 30.6 Å². The van der Waals surface area contributed by atoms with Crippen LogP contribution in [0.2, 0.25) is 0 Å². The van der Waals surface area contributed by atoms with Gasteiger partial charge in [-0.15, -0.1) is 0 Å². The van der Waals surface area contributed by atoms with Crippen molar-refractivity contribution >= 4 is 11.0 Å². The molecular formula is C15H20N2O2. The molecule has 0 saturated carbocycles. The second-order valence-corrected chi connectivity index (χ2v) is 4.95. The van der Waals surface area contributed by atoms with Crippen LogP contribution < -0.4 is 0 Å². The topological polar surface area (TPSA) is 36.3 Å². The van der Waals surface area contributed by atoms with Gasteiger partial charge in [-0.05, 0) is 37.8 Å². The zero-order valence-electron chi connectivity index (χ0n) is 11.1. The van der Waals surface area contributed by atoms with Crippen molar-refractivity contribution in [2.45, 2.75) is 38.5 Å². The second kappa shape index (κ2) is 6.17. The van der Waals surface area contributed by atoms with Crippen LogP contribution in [0.4, 0.5) is 0 Å². The third-order valence-corrected chi connectivity index (χ3v) is 3.51. The Morgan fingerprint density at radius 3 is 3.16 bits per heavy atom. The summed E-state index contributed by atoms with van der Waals surface area (Å²) in [5.74, 6) is 0. The third kappa shape index (κ3) is 3.14. The highest BCUT2D eigenvalue weighted by molar-refractivity contribution is 5.74. The van der Waals surface area contributed by atoms with Gasteiger partial charge in [-0.3, -0.25) is 0 Å². The molecule has 1 aliphatic rings. The Balaban J connectivity index is 1.47. The zero-order chi connectivity index (χ0) is 12.9. The molecule has 0 aliphatic carbocycles. The molecule has 4 nitrogen and oxygen atoms in total. The maximum Gasteiger partial charge on any atom is 0.157 e. The fraction of sp³-hybridized carbons (Fsp3) is 0.533. The third-order valence-electron chi connectivity index (χ3n) is 3.51. The van der Waals surface area contributed by atoms with E-state index in [9.17, 15) is 0 Å². The molecule has 1 atom stereocenters. The first kappa shape index (κ1) is 12.6. The van der Waals surface area contributed by atoms with E-state index in [4.69, 9.17) is 9.47 Å². The molecule has 1 fully saturated rings. The smallest absolute Gasteiger partial charge is 0.157 e. The Morgan fingerprint density at radius 2 is 2.26 bits per heavy atom. The Morgan fingerprint density at radius 1 is 1.32 bits per heavy atom. The molecule has 0 N–H and O–H groups in total. The summed E-state index contributed by atoms with van der Waals surface area (Å²) in [6.45, 7) is 2.53. The van der Waals surface area contributed by atoms with Crippen molar-refractivity contribution in [3.8, 4) is 0 Å². The summed E-state index contributed by atoms with van der Waals surface area (Å²) in [6.07, 6.45) is 6.33. The van der Waals surface area contributed by atoms with Crippen molar-refractivity contribution < 1.29 is 9.47 Å². The van der Waals surface area contributed by atoms with Gasteiger partial charge in [0.25, 0.3) is 0 Å². The number of nitrogens with zero attached hydrogens (tertiary/aromatic N) is 2. The van der Waals surface area contributed by atoms with Crippen LogP contribution in [0.25, 0.3) is 11.0 Å². The maximum atomic E-state index is 5.74. The van der Waals surface area contributed by atoms with Crippen LogP contribution in [-0.4, -0.2) is 29.1 Å². The minimum Gasteiger partial charge on any atom is -0.353 e. The van der Waals surface area contributed by atoms with Crippen molar-refractivity contribution in [2.24, 2.45) is 0 Å². The normalized spacial score (nSPS) is 19.9. The molecule has 1 aromatic carbocycles. The number of aromatic nitrogens is 2. The van der Waals surface area contributed by atoms with Gasteiger partial charge in [-0.2, -0.15) is 0 Å². The second-order valence-electron chi connectivity index (χ2n) is 4.95. The van der Waals surface area contributed by atoms with Crippen molar-refractivity contribution in [3.63, 3.8) is 0 Å². The molecule has 1 aromatic heterocycles. The van der Waals surface area contributed by atoms with Gasteiger partial charge >= 0.3 is 0 Å². The standard InChI is InChI=1S/C15H20N2O2/c1-2-7-14-13(6-1)16-12-17(14)9-5-11-19-15-8-3-4-10-18-15/h1-2,6-7,12,15H,3-5,8-11H2. The van der Waals surface area contributed by atoms with E-state index in [1.807, 2.05) is 24.5 Å². The van der Waals surface area contributed by atoms with Gasteiger partial charge < -0.3 is 14.0 Å². The number of aryl methyl sites for hydroxylation is 1. The lowest BCUT2D eigenvalue weighted by Crippen LogP contribution is -2.22. The summed E-state index contributed by atoms with van der Waals surface area (Å²) in [7, 11) is 0. The lowest BCUT2D eigenvalue weighted by molar-refractivity contribution is -0.162. The molecule has 1 aliphatic heterocycles. The Kier molecular flexibility index (Phi) is 4.10. The SMILES string of the molecule is c1ccc2c(c1)ncn2CCCOC1CCCCO1. The Labute approximate surface area is 113 Å². The summed E-state index contributed by atoms with van der Waals surface area (Å²) < 4.78 is 13.5. The zero-order valence-corrected chi connectivity index (χ0v) is 11.1. The van der Waals surface area contributed by atoms with E-state index in [1.54, 1.807) is 0 Å². The van der Waals surface area contributed by atoms with Crippen molar-refractivity contribution in [1.82, 2.24) is 9.55 Å². The number of imidazole rings is 1. The average molecular weight is 260 g/mol. The van der Waals surface area contributed by atoms with Crippen LogP contribution in [0, 0.1) is 0 Å². The van der Waals surface area contributed by atoms with Gasteiger partial charge in [0, 0.05) is 13.2 Å². The number of fused-ring (bicyclic) bond motifs is 1. The first-order valence-electron chi connectivity index (χ1n) is 7.06. The summed E-state index contributed by atoms with van der Waals surface area (Å²) in [4.78, 5) is 4.38. The van der Waals surface area contributed by atoms with E-state index in [2.05, 4.69) is 15.6 Å². The average Bonchev–Trinajstić information content (AvgIpc) is 2.88. The lowest BCUT2D eigenvalue weighted by atomic mass is 10.2. The molecule has 2 heterocycles. The predicted octanol–water partition coefficient (Wildman–Crippen LogP) is 2.97. The summed E-state index contributed by atoms with van der Waals surface area (Å²) >= 11 is 0. The van der Waals surface area contributed by atoms with Gasteiger partial charge in [0.1, 0.15) is 0 Å². The van der Waals surface area contributed by atoms with Crippen molar-refractivity contribution in [2.75, 3.05) is 13.2 Å². The van der Waals surface area contributed by atoms with E-state index >= 15 is 0 Å². The van der Waals surface area contributed by atoms with Gasteiger partial charge in [0.2, 0.25) is 0 Å². The number of hydrogen-bond donors (Lipinski definition) is 0. The molecule has 0 bridgehead atoms. The van der Waals surface area contributed by atoms with E-state index in [0.717, 1.165) is 38.1 Å². The summed E-state index contributed by atoms with van der Waals surface area (Å²) in [5.41, 5.74) is 2.25. The number of benzene rings is 1. The van der Waals surface area contributed by atoms with Gasteiger partial charge in [0.05, 0.1) is 24.0 Å². The van der Waals surface area contributed by atoms with Crippen LogP contribution in [0.5, 0.6) is 0 Å². The molecule has 1 unspecified atom stereocenters. The monoisotopic (exact) mass is 260 g/mol. The maximum absolute atomic E-state index is 5.74. The van der Waals surface area contributed by atoms with Gasteiger partial charge in [-0.25, -0.2) is 4.98 Å². The highest BCUT2D eigenvalue weighted by Gasteiger charge is 2.13. The minimum absolute atomic E-state index is 0.0216. The van der Waals surface area contributed by atoms with E-state index < -0.39 is 0 Å². The quantitative estimate of drug-likeness (QED) is 0.775. The van der Waals surface area contributed by atoms with Crippen LogP contribution in [0.3, 0.4) is 0 Å². The number of para-hydroxylation sites is 2. The highest BCUT2D eigenvalue weighted by Crippen LogP contribution is 2.15. The molecule has 19 heavy (non-hydrogen) atoms. The van der Waals surface area contributed by atoms with Gasteiger partial charge in [0.15, 0.2) is 6.29 Å². The van der Waals surface area contributed by atoms with Crippen molar-refractivity contribution in [3.05, 3.63) is 30.6 Å². The largest absolute Gasteiger partial charge is 0.353 e. The fourth-order valence-corrected chi connectivity index (χ4v) is 2.48. The molecule has 0 radical (unpaired) electrons.